The van der Waals surface area contributed by atoms with Crippen molar-refractivity contribution in [3.8, 4) is 5.75 Å². The maximum Gasteiger partial charge on any atom is 0.258 e. The van der Waals surface area contributed by atoms with Crippen molar-refractivity contribution in [2.45, 2.75) is 46.3 Å². The number of benzene rings is 1. The van der Waals surface area contributed by atoms with E-state index in [9.17, 15) is 4.79 Å². The molecule has 1 amide bonds. The van der Waals surface area contributed by atoms with Crippen LogP contribution in [-0.4, -0.2) is 24.6 Å². The van der Waals surface area contributed by atoms with E-state index < -0.39 is 0 Å². The Morgan fingerprint density at radius 1 is 1.25 bits per heavy atom. The maximum atomic E-state index is 11.6. The van der Waals surface area contributed by atoms with Gasteiger partial charge in [0, 0.05) is 24.2 Å². The summed E-state index contributed by atoms with van der Waals surface area (Å²) in [6.45, 7) is 8.76. The number of para-hydroxylation sites is 1. The molecule has 1 aromatic carbocycles. The largest absolute Gasteiger partial charge is 0.482 e. The number of hydrogen-bond donors (Lipinski definition) is 2. The van der Waals surface area contributed by atoms with Crippen LogP contribution in [0.1, 0.15) is 33.3 Å². The van der Waals surface area contributed by atoms with Crippen LogP contribution < -0.4 is 15.4 Å². The number of carbonyl (C=O) groups excluding carboxylic acids is 1. The Morgan fingerprint density at radius 2 is 1.95 bits per heavy atom. The molecule has 0 saturated carbocycles. The molecule has 0 spiro atoms. The van der Waals surface area contributed by atoms with Gasteiger partial charge in [0.25, 0.3) is 5.91 Å². The Morgan fingerprint density at radius 3 is 2.55 bits per heavy atom. The first-order valence-corrected chi connectivity index (χ1v) is 7.62. The first-order valence-electron chi connectivity index (χ1n) is 6.83. The second-order valence-corrected chi connectivity index (χ2v) is 6.13. The van der Waals surface area contributed by atoms with Crippen molar-refractivity contribution in [3.05, 3.63) is 28.2 Å². The number of hydrogen-bond acceptors (Lipinski definition) is 3. The van der Waals surface area contributed by atoms with Gasteiger partial charge in [0.1, 0.15) is 5.75 Å². The van der Waals surface area contributed by atoms with E-state index in [1.165, 1.54) is 0 Å². The zero-order valence-electron chi connectivity index (χ0n) is 12.5. The molecule has 112 valence electrons. The van der Waals surface area contributed by atoms with Gasteiger partial charge in [0.15, 0.2) is 6.61 Å². The molecule has 0 aliphatic rings. The highest BCUT2D eigenvalue weighted by Crippen LogP contribution is 2.29. The first-order chi connectivity index (χ1) is 9.40. The minimum atomic E-state index is -0.112. The monoisotopic (exact) mass is 342 g/mol. The topological polar surface area (TPSA) is 50.4 Å². The predicted molar refractivity (Wildman–Crippen MR) is 84.9 cm³/mol. The highest BCUT2D eigenvalue weighted by Gasteiger charge is 2.11. The molecule has 20 heavy (non-hydrogen) atoms. The molecule has 0 aromatic heterocycles. The Labute approximate surface area is 129 Å². The standard InChI is InChI=1S/C15H23BrN2O2/c1-10(2)17-8-12-6-5-7-13(16)15(12)20-9-14(19)18-11(3)4/h5-7,10-11,17H,8-9H2,1-4H3,(H,18,19). The molecule has 0 heterocycles. The fraction of sp³-hybridized carbons (Fsp3) is 0.533. The van der Waals surface area contributed by atoms with Crippen molar-refractivity contribution >= 4 is 21.8 Å². The van der Waals surface area contributed by atoms with Crippen molar-refractivity contribution < 1.29 is 9.53 Å². The molecule has 0 saturated heterocycles. The average molecular weight is 343 g/mol. The molecular weight excluding hydrogens is 320 g/mol. The van der Waals surface area contributed by atoms with E-state index in [1.807, 2.05) is 32.0 Å². The van der Waals surface area contributed by atoms with E-state index in [2.05, 4.69) is 40.4 Å². The zero-order valence-corrected chi connectivity index (χ0v) is 14.1. The highest BCUT2D eigenvalue weighted by molar-refractivity contribution is 9.10. The third-order valence-electron chi connectivity index (χ3n) is 2.55. The third kappa shape index (κ3) is 5.92. The van der Waals surface area contributed by atoms with Gasteiger partial charge in [-0.25, -0.2) is 0 Å². The summed E-state index contributed by atoms with van der Waals surface area (Å²) in [6.07, 6.45) is 0. The second-order valence-electron chi connectivity index (χ2n) is 5.27. The van der Waals surface area contributed by atoms with Crippen molar-refractivity contribution in [3.63, 3.8) is 0 Å². The summed E-state index contributed by atoms with van der Waals surface area (Å²) in [7, 11) is 0. The molecule has 2 N–H and O–H groups in total. The molecule has 0 atom stereocenters. The summed E-state index contributed by atoms with van der Waals surface area (Å²) in [5.74, 6) is 0.609. The smallest absolute Gasteiger partial charge is 0.258 e. The van der Waals surface area contributed by atoms with Crippen molar-refractivity contribution in [1.29, 1.82) is 0 Å². The predicted octanol–water partition coefficient (Wildman–Crippen LogP) is 2.85. The lowest BCUT2D eigenvalue weighted by molar-refractivity contribution is -0.123. The summed E-state index contributed by atoms with van der Waals surface area (Å²) in [5, 5.41) is 6.16. The van der Waals surface area contributed by atoms with E-state index in [1.54, 1.807) is 0 Å². The third-order valence-corrected chi connectivity index (χ3v) is 3.17. The Bertz CT molecular complexity index is 447. The summed E-state index contributed by atoms with van der Waals surface area (Å²) < 4.78 is 6.52. The molecule has 0 radical (unpaired) electrons. The lowest BCUT2D eigenvalue weighted by Gasteiger charge is -2.15. The van der Waals surface area contributed by atoms with Crippen LogP contribution in [0, 0.1) is 0 Å². The van der Waals surface area contributed by atoms with Gasteiger partial charge in [0.05, 0.1) is 4.47 Å². The van der Waals surface area contributed by atoms with Gasteiger partial charge < -0.3 is 15.4 Å². The number of carbonyl (C=O) groups is 1. The van der Waals surface area contributed by atoms with Crippen molar-refractivity contribution in [2.75, 3.05) is 6.61 Å². The maximum absolute atomic E-state index is 11.6. The lowest BCUT2D eigenvalue weighted by atomic mass is 10.2. The number of amides is 1. The Kier molecular flexibility index (Phi) is 7.02. The van der Waals surface area contributed by atoms with E-state index in [0.717, 1.165) is 15.8 Å². The molecular formula is C15H23BrN2O2. The average Bonchev–Trinajstić information content (AvgIpc) is 2.34. The summed E-state index contributed by atoms with van der Waals surface area (Å²) in [6, 6.07) is 6.38. The fourth-order valence-corrected chi connectivity index (χ4v) is 2.19. The molecule has 5 heteroatoms. The number of nitrogens with one attached hydrogen (secondary N) is 2. The molecule has 0 bridgehead atoms. The highest BCUT2D eigenvalue weighted by atomic mass is 79.9. The van der Waals surface area contributed by atoms with E-state index in [4.69, 9.17) is 4.74 Å². The summed E-state index contributed by atoms with van der Waals surface area (Å²) in [4.78, 5) is 11.6. The lowest BCUT2D eigenvalue weighted by Crippen LogP contribution is -2.34. The van der Waals surface area contributed by atoms with Crippen molar-refractivity contribution in [2.24, 2.45) is 0 Å². The zero-order chi connectivity index (χ0) is 15.1. The van der Waals surface area contributed by atoms with Crippen molar-refractivity contribution in [1.82, 2.24) is 10.6 Å². The number of rotatable bonds is 7. The van der Waals surface area contributed by atoms with E-state index >= 15 is 0 Å². The minimum absolute atomic E-state index is 0.0233. The molecule has 1 aromatic rings. The van der Waals surface area contributed by atoms with E-state index in [-0.39, 0.29) is 18.6 Å². The van der Waals surface area contributed by atoms with E-state index in [0.29, 0.717) is 12.6 Å². The van der Waals surface area contributed by atoms with Crippen LogP contribution in [0.2, 0.25) is 0 Å². The van der Waals surface area contributed by atoms with Crippen LogP contribution in [0.15, 0.2) is 22.7 Å². The SMILES string of the molecule is CC(C)NCc1cccc(Br)c1OCC(=O)NC(C)C. The van der Waals surface area contributed by atoms with Crippen LogP contribution in [0.4, 0.5) is 0 Å². The van der Waals surface area contributed by atoms with Crippen LogP contribution in [-0.2, 0) is 11.3 Å². The van der Waals surface area contributed by atoms with Gasteiger partial charge in [-0.1, -0.05) is 26.0 Å². The van der Waals surface area contributed by atoms with Gasteiger partial charge in [-0.05, 0) is 35.8 Å². The van der Waals surface area contributed by atoms with Crippen LogP contribution in [0.3, 0.4) is 0 Å². The number of halogens is 1. The second kappa shape index (κ2) is 8.27. The summed E-state index contributed by atoms with van der Waals surface area (Å²) in [5.41, 5.74) is 1.03. The molecule has 0 unspecified atom stereocenters. The first kappa shape index (κ1) is 17.0. The molecule has 0 fully saturated rings. The van der Waals surface area contributed by atoms with Crippen LogP contribution in [0.25, 0.3) is 0 Å². The molecule has 4 nitrogen and oxygen atoms in total. The molecule has 0 aliphatic carbocycles. The Hall–Kier alpha value is -1.07. The minimum Gasteiger partial charge on any atom is -0.482 e. The van der Waals surface area contributed by atoms with Gasteiger partial charge in [0.2, 0.25) is 0 Å². The summed E-state index contributed by atoms with van der Waals surface area (Å²) >= 11 is 3.47. The molecule has 0 aliphatic heterocycles. The normalized spacial score (nSPS) is 10.9. The fourth-order valence-electron chi connectivity index (χ4n) is 1.67. The quantitative estimate of drug-likeness (QED) is 0.800. The van der Waals surface area contributed by atoms with Crippen LogP contribution in [0.5, 0.6) is 5.75 Å². The van der Waals surface area contributed by atoms with Gasteiger partial charge >= 0.3 is 0 Å². The Balaban J connectivity index is 2.70. The molecule has 1 rings (SSSR count). The number of ether oxygens (including phenoxy) is 1. The van der Waals surface area contributed by atoms with Crippen LogP contribution >= 0.6 is 15.9 Å². The van der Waals surface area contributed by atoms with Gasteiger partial charge in [-0.3, -0.25) is 4.79 Å². The van der Waals surface area contributed by atoms with Gasteiger partial charge in [-0.2, -0.15) is 0 Å². The van der Waals surface area contributed by atoms with Gasteiger partial charge in [-0.15, -0.1) is 0 Å².